The maximum atomic E-state index is 11.7. The van der Waals surface area contributed by atoms with Crippen LogP contribution in [-0.2, 0) is 28.5 Å². The Balaban J connectivity index is 1.73. The summed E-state index contributed by atoms with van der Waals surface area (Å²) in [4.78, 5) is 11.7. The third kappa shape index (κ3) is 6.32. The minimum absolute atomic E-state index is 0.0609. The highest BCUT2D eigenvalue weighted by Gasteiger charge is 2.51. The van der Waals surface area contributed by atoms with Crippen LogP contribution in [0, 0.1) is 29.6 Å². The molecule has 10 nitrogen and oxygen atoms in total. The summed E-state index contributed by atoms with van der Waals surface area (Å²) in [6.07, 6.45) is -1.15. The van der Waals surface area contributed by atoms with E-state index in [1.54, 1.807) is 0 Å². The van der Waals surface area contributed by atoms with Crippen LogP contribution in [0.3, 0.4) is 0 Å². The van der Waals surface area contributed by atoms with Crippen molar-refractivity contribution in [3.8, 4) is 0 Å². The Morgan fingerprint density at radius 3 is 2.03 bits per heavy atom. The minimum Gasteiger partial charge on any atom is -0.455 e. The van der Waals surface area contributed by atoms with E-state index in [0.29, 0.717) is 18.3 Å². The van der Waals surface area contributed by atoms with Gasteiger partial charge >= 0.3 is 5.97 Å². The summed E-state index contributed by atoms with van der Waals surface area (Å²) in [5.74, 6) is 0.354. The lowest BCUT2D eigenvalue weighted by Crippen LogP contribution is -2.66. The average molecular weight is 529 g/mol. The maximum Gasteiger partial charge on any atom is 0.303 e. The standard InChI is InChI=1S/C27H52N4O6/c1-12(2)21-14(4)13(3)20(30)26(34-21)36-23-15(5)22(18(28)10-19(23)29)35-25-16(6)24(31-9)27(8,11-33-25)37-17(7)32/h12-16,18-26,31H,10-11,28-30H2,1-9H3/t13-,14-,15+,16+,18+,19?,20?,21?,22?,23-,24-,25?,26+,27?/m0/s1. The first-order valence-corrected chi connectivity index (χ1v) is 13.9. The molecule has 0 amide bonds. The van der Waals surface area contributed by atoms with Crippen LogP contribution in [0.5, 0.6) is 0 Å². The molecule has 0 bridgehead atoms. The number of hydrogen-bond donors (Lipinski definition) is 4. The van der Waals surface area contributed by atoms with Gasteiger partial charge < -0.3 is 46.2 Å². The number of nitrogens with one attached hydrogen (secondary N) is 1. The van der Waals surface area contributed by atoms with Gasteiger partial charge in [0.15, 0.2) is 12.6 Å². The van der Waals surface area contributed by atoms with Gasteiger partial charge in [-0.2, -0.15) is 0 Å². The Hall–Kier alpha value is -0.850. The van der Waals surface area contributed by atoms with Gasteiger partial charge in [0.2, 0.25) is 0 Å². The Kier molecular flexibility index (Phi) is 10.1. The summed E-state index contributed by atoms with van der Waals surface area (Å²) in [7, 11) is 1.85. The van der Waals surface area contributed by atoms with E-state index >= 15 is 0 Å². The van der Waals surface area contributed by atoms with Gasteiger partial charge in [0.05, 0.1) is 37.0 Å². The second-order valence-electron chi connectivity index (χ2n) is 12.3. The molecule has 10 heteroatoms. The van der Waals surface area contributed by atoms with Crippen molar-refractivity contribution >= 4 is 5.97 Å². The molecule has 0 spiro atoms. The third-order valence-electron chi connectivity index (χ3n) is 9.06. The number of carbonyl (C=O) groups is 1. The van der Waals surface area contributed by atoms with Crippen molar-refractivity contribution < 1.29 is 28.5 Å². The van der Waals surface area contributed by atoms with Crippen molar-refractivity contribution in [2.75, 3.05) is 13.7 Å². The van der Waals surface area contributed by atoms with Crippen molar-refractivity contribution in [1.29, 1.82) is 0 Å². The van der Waals surface area contributed by atoms with Crippen LogP contribution in [0.25, 0.3) is 0 Å². The molecule has 0 aromatic heterocycles. The fourth-order valence-electron chi connectivity index (χ4n) is 6.82. The monoisotopic (exact) mass is 528 g/mol. The second-order valence-corrected chi connectivity index (χ2v) is 12.3. The summed E-state index contributed by atoms with van der Waals surface area (Å²) >= 11 is 0. The average Bonchev–Trinajstić information content (AvgIpc) is 2.80. The Labute approximate surface area is 223 Å². The number of ether oxygens (including phenoxy) is 5. The molecular formula is C27H52N4O6. The molecule has 3 fully saturated rings. The van der Waals surface area contributed by atoms with E-state index in [1.165, 1.54) is 6.92 Å². The van der Waals surface area contributed by atoms with Crippen molar-refractivity contribution in [3.63, 3.8) is 0 Å². The first-order chi connectivity index (χ1) is 17.2. The first kappa shape index (κ1) is 30.7. The summed E-state index contributed by atoms with van der Waals surface area (Å²) in [5, 5.41) is 3.29. The van der Waals surface area contributed by atoms with Crippen molar-refractivity contribution in [2.24, 2.45) is 46.8 Å². The van der Waals surface area contributed by atoms with E-state index in [9.17, 15) is 4.79 Å². The second kappa shape index (κ2) is 12.1. The molecule has 2 heterocycles. The summed E-state index contributed by atoms with van der Waals surface area (Å²) < 4.78 is 31.3. The molecule has 1 saturated carbocycles. The molecule has 2 saturated heterocycles. The molecule has 14 atom stereocenters. The summed E-state index contributed by atoms with van der Waals surface area (Å²) in [6.45, 7) is 16.3. The van der Waals surface area contributed by atoms with Gasteiger partial charge in [-0.15, -0.1) is 0 Å². The quantitative estimate of drug-likeness (QED) is 0.356. The van der Waals surface area contributed by atoms with E-state index in [0.717, 1.165) is 0 Å². The molecule has 3 aliphatic rings. The Morgan fingerprint density at radius 1 is 0.946 bits per heavy atom. The van der Waals surface area contributed by atoms with Gasteiger partial charge in [-0.1, -0.05) is 41.5 Å². The molecule has 1 aliphatic carbocycles. The first-order valence-electron chi connectivity index (χ1n) is 13.9. The molecule has 0 aromatic carbocycles. The molecule has 0 radical (unpaired) electrons. The van der Waals surface area contributed by atoms with E-state index < -0.39 is 18.2 Å². The lowest BCUT2D eigenvalue weighted by Gasteiger charge is -2.51. The molecule has 2 aliphatic heterocycles. The zero-order valence-corrected chi connectivity index (χ0v) is 24.2. The van der Waals surface area contributed by atoms with E-state index in [2.05, 4.69) is 39.9 Å². The van der Waals surface area contributed by atoms with Crippen LogP contribution in [0.4, 0.5) is 0 Å². The molecule has 37 heavy (non-hydrogen) atoms. The van der Waals surface area contributed by atoms with E-state index in [4.69, 9.17) is 40.9 Å². The van der Waals surface area contributed by atoms with Crippen molar-refractivity contribution in [3.05, 3.63) is 0 Å². The van der Waals surface area contributed by atoms with Gasteiger partial charge in [0, 0.05) is 30.8 Å². The molecule has 216 valence electrons. The lowest BCUT2D eigenvalue weighted by molar-refractivity contribution is -0.295. The molecule has 6 unspecified atom stereocenters. The normalized spacial score (nSPS) is 49.2. The fourth-order valence-corrected chi connectivity index (χ4v) is 6.82. The number of nitrogens with two attached hydrogens (primary N) is 3. The van der Waals surface area contributed by atoms with Crippen LogP contribution in [0.2, 0.25) is 0 Å². The maximum absolute atomic E-state index is 11.7. The number of hydrogen-bond acceptors (Lipinski definition) is 10. The number of rotatable bonds is 7. The summed E-state index contributed by atoms with van der Waals surface area (Å²) in [6, 6.07) is -0.963. The minimum atomic E-state index is -0.802. The van der Waals surface area contributed by atoms with E-state index in [-0.39, 0.29) is 72.8 Å². The fraction of sp³-hybridized carbons (Fsp3) is 0.963. The van der Waals surface area contributed by atoms with Crippen LogP contribution in [-0.4, -0.2) is 80.3 Å². The Morgan fingerprint density at radius 2 is 1.51 bits per heavy atom. The zero-order chi connectivity index (χ0) is 27.8. The predicted molar refractivity (Wildman–Crippen MR) is 141 cm³/mol. The largest absolute Gasteiger partial charge is 0.455 e. The van der Waals surface area contributed by atoms with E-state index in [1.807, 2.05) is 20.9 Å². The highest BCUT2D eigenvalue weighted by atomic mass is 16.7. The number of carbonyl (C=O) groups excluding carboxylic acids is 1. The predicted octanol–water partition coefficient (Wildman–Crippen LogP) is 1.33. The Bertz CT molecular complexity index is 773. The van der Waals surface area contributed by atoms with Gasteiger partial charge in [0.25, 0.3) is 0 Å². The molecule has 0 aromatic rings. The van der Waals surface area contributed by atoms with Crippen molar-refractivity contribution in [1.82, 2.24) is 5.32 Å². The summed E-state index contributed by atoms with van der Waals surface area (Å²) in [5.41, 5.74) is 18.9. The van der Waals surface area contributed by atoms with Crippen LogP contribution in [0.15, 0.2) is 0 Å². The van der Waals surface area contributed by atoms with Crippen LogP contribution < -0.4 is 22.5 Å². The third-order valence-corrected chi connectivity index (χ3v) is 9.06. The number of esters is 1. The van der Waals surface area contributed by atoms with Crippen LogP contribution in [0.1, 0.15) is 61.8 Å². The van der Waals surface area contributed by atoms with Gasteiger partial charge in [-0.3, -0.25) is 4.79 Å². The van der Waals surface area contributed by atoms with Gasteiger partial charge in [0.1, 0.15) is 5.60 Å². The molecule has 3 rings (SSSR count). The highest BCUT2D eigenvalue weighted by molar-refractivity contribution is 5.66. The SMILES string of the molecule is CN[C@H]1[C@@H](C)C(OC2[C@H](N)CC(N)[C@@H](O[C@H]3OC(C(C)C)[C@@H](C)[C@H](C)C3N)[C@@H]2C)OCC1(C)OC(C)=O. The highest BCUT2D eigenvalue weighted by Crippen LogP contribution is 2.39. The molecular weight excluding hydrogens is 476 g/mol. The molecule has 7 N–H and O–H groups in total. The zero-order valence-electron chi connectivity index (χ0n) is 24.2. The van der Waals surface area contributed by atoms with Crippen LogP contribution >= 0.6 is 0 Å². The lowest BCUT2D eigenvalue weighted by atomic mass is 9.77. The number of likely N-dealkylation sites (N-methyl/N-ethyl adjacent to an activating group) is 1. The van der Waals surface area contributed by atoms with Gasteiger partial charge in [-0.05, 0) is 38.1 Å². The topological polar surface area (TPSA) is 153 Å². The smallest absolute Gasteiger partial charge is 0.303 e. The van der Waals surface area contributed by atoms with Gasteiger partial charge in [-0.25, -0.2) is 0 Å². The van der Waals surface area contributed by atoms with Crippen molar-refractivity contribution in [2.45, 2.75) is 122 Å².